The third kappa shape index (κ3) is 3.89. The van der Waals surface area contributed by atoms with Gasteiger partial charge in [0.1, 0.15) is 5.75 Å². The van der Waals surface area contributed by atoms with Gasteiger partial charge in [-0.15, -0.1) is 0 Å². The number of phenols is 1. The van der Waals surface area contributed by atoms with Gasteiger partial charge in [0, 0.05) is 23.2 Å². The summed E-state index contributed by atoms with van der Waals surface area (Å²) >= 11 is 6.04. The summed E-state index contributed by atoms with van der Waals surface area (Å²) < 4.78 is 0. The first-order valence-electron chi connectivity index (χ1n) is 5.87. The Morgan fingerprint density at radius 1 is 1.50 bits per heavy atom. The van der Waals surface area contributed by atoms with E-state index >= 15 is 0 Å². The third-order valence-corrected chi connectivity index (χ3v) is 3.31. The molecule has 0 amide bonds. The number of rotatable bonds is 6. The second kappa shape index (κ2) is 6.61. The Kier molecular flexibility index (Phi) is 5.44. The molecule has 1 aromatic rings. The fraction of sp³-hybridized carbons (Fsp3) is 0.462. The zero-order chi connectivity index (χ0) is 13.7. The Hall–Kier alpha value is -1.26. The monoisotopic (exact) mass is 271 g/mol. The first-order valence-corrected chi connectivity index (χ1v) is 6.25. The van der Waals surface area contributed by atoms with Crippen LogP contribution in [0.2, 0.25) is 5.02 Å². The number of benzene rings is 1. The van der Waals surface area contributed by atoms with E-state index in [-0.39, 0.29) is 18.2 Å². The maximum absolute atomic E-state index is 10.7. The van der Waals surface area contributed by atoms with E-state index < -0.39 is 5.97 Å². The van der Waals surface area contributed by atoms with Gasteiger partial charge in [0.05, 0.1) is 6.42 Å². The maximum Gasteiger partial charge on any atom is 0.304 e. The number of halogens is 1. The average molecular weight is 272 g/mol. The van der Waals surface area contributed by atoms with Crippen LogP contribution < -0.4 is 0 Å². The molecule has 0 radical (unpaired) electrons. The summed E-state index contributed by atoms with van der Waals surface area (Å²) in [4.78, 5) is 12.7. The van der Waals surface area contributed by atoms with E-state index in [1.54, 1.807) is 18.2 Å². The van der Waals surface area contributed by atoms with Crippen LogP contribution in [-0.4, -0.2) is 33.7 Å². The van der Waals surface area contributed by atoms with Gasteiger partial charge in [0.25, 0.3) is 0 Å². The van der Waals surface area contributed by atoms with Crippen molar-refractivity contribution in [2.24, 2.45) is 0 Å². The molecule has 0 bridgehead atoms. The summed E-state index contributed by atoms with van der Waals surface area (Å²) in [5, 5.41) is 19.1. The predicted octanol–water partition coefficient (Wildman–Crippen LogP) is 2.73. The van der Waals surface area contributed by atoms with Crippen LogP contribution >= 0.6 is 11.6 Å². The van der Waals surface area contributed by atoms with Gasteiger partial charge in [-0.25, -0.2) is 0 Å². The summed E-state index contributed by atoms with van der Waals surface area (Å²) in [6.07, 6.45) is 0.0685. The lowest BCUT2D eigenvalue weighted by Crippen LogP contribution is -2.34. The molecule has 4 nitrogen and oxygen atoms in total. The number of hydrogen-bond acceptors (Lipinski definition) is 3. The zero-order valence-electron chi connectivity index (χ0n) is 10.6. The van der Waals surface area contributed by atoms with Crippen LogP contribution in [0.1, 0.15) is 25.8 Å². The lowest BCUT2D eigenvalue weighted by atomic mass is 10.1. The summed E-state index contributed by atoms with van der Waals surface area (Å²) in [7, 11) is 0. The SMILES string of the molecule is CCN(Cc1c(O)cccc1Cl)C(C)CC(=O)O. The molecule has 0 heterocycles. The number of nitrogens with zero attached hydrogens (tertiary/aromatic N) is 1. The maximum atomic E-state index is 10.7. The molecule has 5 heteroatoms. The number of hydrogen-bond donors (Lipinski definition) is 2. The van der Waals surface area contributed by atoms with Gasteiger partial charge in [-0.3, -0.25) is 9.69 Å². The molecular weight excluding hydrogens is 254 g/mol. The number of aromatic hydroxyl groups is 1. The van der Waals surface area contributed by atoms with E-state index in [9.17, 15) is 9.90 Å². The molecule has 1 rings (SSSR count). The minimum Gasteiger partial charge on any atom is -0.508 e. The molecule has 2 N–H and O–H groups in total. The number of phenolic OH excluding ortho intramolecular Hbond substituents is 1. The quantitative estimate of drug-likeness (QED) is 0.835. The molecule has 1 unspecified atom stereocenters. The van der Waals surface area contributed by atoms with Crippen LogP contribution in [0.15, 0.2) is 18.2 Å². The summed E-state index contributed by atoms with van der Waals surface area (Å²) in [5.74, 6) is -0.687. The molecule has 0 saturated carbocycles. The summed E-state index contributed by atoms with van der Waals surface area (Å²) in [6.45, 7) is 4.94. The minimum atomic E-state index is -0.829. The normalized spacial score (nSPS) is 12.7. The van der Waals surface area contributed by atoms with E-state index in [1.165, 1.54) is 0 Å². The molecule has 0 aliphatic carbocycles. The number of aliphatic carboxylic acids is 1. The fourth-order valence-corrected chi connectivity index (χ4v) is 2.10. The van der Waals surface area contributed by atoms with Gasteiger partial charge in [0.15, 0.2) is 0 Å². The first-order chi connectivity index (χ1) is 8.45. The van der Waals surface area contributed by atoms with Crippen LogP contribution in [0, 0.1) is 0 Å². The average Bonchev–Trinajstić information content (AvgIpc) is 2.27. The third-order valence-electron chi connectivity index (χ3n) is 2.95. The lowest BCUT2D eigenvalue weighted by Gasteiger charge is -2.27. The van der Waals surface area contributed by atoms with Crippen molar-refractivity contribution in [3.63, 3.8) is 0 Å². The topological polar surface area (TPSA) is 60.8 Å². The van der Waals surface area contributed by atoms with Gasteiger partial charge in [0.2, 0.25) is 0 Å². The van der Waals surface area contributed by atoms with Gasteiger partial charge in [-0.05, 0) is 25.6 Å². The summed E-state index contributed by atoms with van der Waals surface area (Å²) in [5.41, 5.74) is 0.637. The standard InChI is InChI=1S/C13H18ClNO3/c1-3-15(9(2)7-13(17)18)8-10-11(14)5-4-6-12(10)16/h4-6,9,16H,3,7-8H2,1-2H3,(H,17,18). The highest BCUT2D eigenvalue weighted by atomic mass is 35.5. The molecule has 1 aromatic carbocycles. The van der Waals surface area contributed by atoms with Gasteiger partial charge < -0.3 is 10.2 Å². The Balaban J connectivity index is 2.82. The van der Waals surface area contributed by atoms with Crippen molar-refractivity contribution in [1.82, 2.24) is 4.90 Å². The molecular formula is C13H18ClNO3. The van der Waals surface area contributed by atoms with E-state index in [2.05, 4.69) is 0 Å². The number of carbonyl (C=O) groups is 1. The van der Waals surface area contributed by atoms with Crippen LogP contribution in [-0.2, 0) is 11.3 Å². The predicted molar refractivity (Wildman–Crippen MR) is 70.9 cm³/mol. The first kappa shape index (κ1) is 14.8. The van der Waals surface area contributed by atoms with Crippen molar-refractivity contribution in [2.75, 3.05) is 6.54 Å². The van der Waals surface area contributed by atoms with Crippen molar-refractivity contribution in [3.8, 4) is 5.75 Å². The summed E-state index contributed by atoms with van der Waals surface area (Å²) in [6, 6.07) is 4.87. The van der Waals surface area contributed by atoms with Gasteiger partial charge in [-0.1, -0.05) is 24.6 Å². The molecule has 0 aliphatic rings. The second-order valence-corrected chi connectivity index (χ2v) is 4.65. The van der Waals surface area contributed by atoms with Crippen molar-refractivity contribution >= 4 is 17.6 Å². The number of carboxylic acid groups (broad SMARTS) is 1. The van der Waals surface area contributed by atoms with E-state index in [0.717, 1.165) is 0 Å². The van der Waals surface area contributed by atoms with Gasteiger partial charge in [-0.2, -0.15) is 0 Å². The second-order valence-electron chi connectivity index (χ2n) is 4.25. The molecule has 0 spiro atoms. The minimum absolute atomic E-state index is 0.0685. The van der Waals surface area contributed by atoms with E-state index in [1.807, 2.05) is 18.7 Å². The Morgan fingerprint density at radius 2 is 2.17 bits per heavy atom. The zero-order valence-corrected chi connectivity index (χ0v) is 11.3. The fourth-order valence-electron chi connectivity index (χ4n) is 1.87. The van der Waals surface area contributed by atoms with E-state index in [4.69, 9.17) is 16.7 Å². The molecule has 18 heavy (non-hydrogen) atoms. The molecule has 0 saturated heterocycles. The van der Waals surface area contributed by atoms with Gasteiger partial charge >= 0.3 is 5.97 Å². The smallest absolute Gasteiger partial charge is 0.304 e. The largest absolute Gasteiger partial charge is 0.508 e. The van der Waals surface area contributed by atoms with Crippen molar-refractivity contribution in [2.45, 2.75) is 32.9 Å². The molecule has 100 valence electrons. The highest BCUT2D eigenvalue weighted by molar-refractivity contribution is 6.31. The molecule has 0 fully saturated rings. The lowest BCUT2D eigenvalue weighted by molar-refractivity contribution is -0.138. The van der Waals surface area contributed by atoms with Crippen molar-refractivity contribution < 1.29 is 15.0 Å². The van der Waals surface area contributed by atoms with Crippen molar-refractivity contribution in [3.05, 3.63) is 28.8 Å². The molecule has 0 aliphatic heterocycles. The Labute approximate surface area is 112 Å². The Morgan fingerprint density at radius 3 is 2.67 bits per heavy atom. The Bertz CT molecular complexity index is 402. The highest BCUT2D eigenvalue weighted by Gasteiger charge is 2.18. The van der Waals surface area contributed by atoms with Crippen LogP contribution in [0.25, 0.3) is 0 Å². The van der Waals surface area contributed by atoms with Crippen LogP contribution in [0.4, 0.5) is 0 Å². The molecule has 1 atom stereocenters. The van der Waals surface area contributed by atoms with Crippen molar-refractivity contribution in [1.29, 1.82) is 0 Å². The number of carboxylic acids is 1. The van der Waals surface area contributed by atoms with Crippen LogP contribution in [0.3, 0.4) is 0 Å². The molecule has 0 aromatic heterocycles. The highest BCUT2D eigenvalue weighted by Crippen LogP contribution is 2.27. The van der Waals surface area contributed by atoms with E-state index in [0.29, 0.717) is 23.7 Å². The van der Waals surface area contributed by atoms with Crippen LogP contribution in [0.5, 0.6) is 5.75 Å².